The number of alkyl halides is 3. The highest BCUT2D eigenvalue weighted by atomic mass is 127. The Bertz CT molecular complexity index is 462. The fourth-order valence-electron chi connectivity index (χ4n) is 1.22. The van der Waals surface area contributed by atoms with Crippen molar-refractivity contribution in [2.24, 2.45) is 0 Å². The summed E-state index contributed by atoms with van der Waals surface area (Å²) in [6.45, 7) is 1.53. The zero-order valence-electron chi connectivity index (χ0n) is 9.47. The first-order valence-electron chi connectivity index (χ1n) is 4.71. The number of carbonyl (C=O) groups excluding carboxylic acids is 1. The van der Waals surface area contributed by atoms with E-state index in [1.165, 1.54) is 14.0 Å². The minimum Gasteiger partial charge on any atom is -0.469 e. The molecule has 0 unspecified atom stereocenters. The van der Waals surface area contributed by atoms with Crippen LogP contribution in [0.2, 0.25) is 0 Å². The molecule has 1 rings (SSSR count). The molecule has 0 atom stereocenters. The molecule has 0 radical (unpaired) electrons. The van der Waals surface area contributed by atoms with Crippen LogP contribution in [0.3, 0.4) is 0 Å². The number of aryl methyl sites for hydroxylation is 1. The number of ether oxygens (including phenoxy) is 2. The van der Waals surface area contributed by atoms with Crippen molar-refractivity contribution in [3.63, 3.8) is 0 Å². The fraction of sp³-hybridized carbons (Fsp3) is 0.400. The van der Waals surface area contributed by atoms with Gasteiger partial charge in [-0.1, -0.05) is 0 Å². The maximum Gasteiger partial charge on any atom is 0.574 e. The molecule has 0 aromatic carbocycles. The third kappa shape index (κ3) is 4.31. The first kappa shape index (κ1) is 15.0. The topological polar surface area (TPSA) is 48.4 Å². The van der Waals surface area contributed by atoms with Crippen LogP contribution in [0.25, 0.3) is 0 Å². The van der Waals surface area contributed by atoms with Crippen LogP contribution in [0.15, 0.2) is 6.07 Å². The Balaban J connectivity index is 3.06. The van der Waals surface area contributed by atoms with Gasteiger partial charge >= 0.3 is 12.3 Å². The van der Waals surface area contributed by atoms with Gasteiger partial charge in [-0.3, -0.25) is 4.79 Å². The summed E-state index contributed by atoms with van der Waals surface area (Å²) >= 11 is 1.90. The summed E-state index contributed by atoms with van der Waals surface area (Å²) in [5.74, 6) is -1.13. The molecule has 1 aromatic rings. The standard InChI is InChI=1S/C10H9F3INO3/c1-5-9(14)6(4-8(16)17-2)3-7(15-5)18-10(11,12)13/h3H,4H2,1-2H3. The maximum atomic E-state index is 12.1. The molecule has 0 aliphatic heterocycles. The van der Waals surface area contributed by atoms with Gasteiger partial charge in [0.05, 0.1) is 19.2 Å². The quantitative estimate of drug-likeness (QED) is 0.602. The first-order chi connectivity index (χ1) is 8.23. The zero-order chi connectivity index (χ0) is 13.9. The lowest BCUT2D eigenvalue weighted by molar-refractivity contribution is -0.276. The Morgan fingerprint density at radius 2 is 2.11 bits per heavy atom. The maximum absolute atomic E-state index is 12.1. The Morgan fingerprint density at radius 3 is 2.61 bits per heavy atom. The summed E-state index contributed by atoms with van der Waals surface area (Å²) in [5, 5.41) is 0. The van der Waals surface area contributed by atoms with Crippen LogP contribution in [0.4, 0.5) is 13.2 Å². The molecule has 0 N–H and O–H groups in total. The van der Waals surface area contributed by atoms with Gasteiger partial charge in [-0.05, 0) is 35.1 Å². The molecule has 1 aromatic heterocycles. The van der Waals surface area contributed by atoms with Crippen molar-refractivity contribution in [1.29, 1.82) is 0 Å². The van der Waals surface area contributed by atoms with Gasteiger partial charge in [0.2, 0.25) is 5.88 Å². The van der Waals surface area contributed by atoms with Crippen LogP contribution in [0, 0.1) is 10.5 Å². The predicted molar refractivity (Wildman–Crippen MR) is 64.1 cm³/mol. The second kappa shape index (κ2) is 5.72. The highest BCUT2D eigenvalue weighted by Gasteiger charge is 2.32. The van der Waals surface area contributed by atoms with E-state index in [2.05, 4.69) is 14.5 Å². The SMILES string of the molecule is COC(=O)Cc1cc(OC(F)(F)F)nc(C)c1I. The van der Waals surface area contributed by atoms with E-state index in [0.717, 1.165) is 6.07 Å². The average molecular weight is 375 g/mol. The molecule has 0 aliphatic rings. The Morgan fingerprint density at radius 1 is 1.50 bits per heavy atom. The van der Waals surface area contributed by atoms with Crippen LogP contribution < -0.4 is 4.74 Å². The van der Waals surface area contributed by atoms with Gasteiger partial charge in [-0.15, -0.1) is 13.2 Å². The number of hydrogen-bond donors (Lipinski definition) is 0. The number of nitrogens with zero attached hydrogens (tertiary/aromatic N) is 1. The molecular formula is C10H9F3INO3. The summed E-state index contributed by atoms with van der Waals surface area (Å²) in [5.41, 5.74) is 0.741. The van der Waals surface area contributed by atoms with E-state index < -0.39 is 18.2 Å². The predicted octanol–water partition coefficient (Wildman–Crippen LogP) is 2.61. The summed E-state index contributed by atoms with van der Waals surface area (Å²) in [6.07, 6.45) is -4.94. The molecular weight excluding hydrogens is 366 g/mol. The number of aromatic nitrogens is 1. The molecule has 0 fully saturated rings. The van der Waals surface area contributed by atoms with Gasteiger partial charge in [0.1, 0.15) is 0 Å². The lowest BCUT2D eigenvalue weighted by atomic mass is 10.1. The van der Waals surface area contributed by atoms with Crippen molar-refractivity contribution in [2.75, 3.05) is 7.11 Å². The summed E-state index contributed by atoms with van der Waals surface area (Å²) < 4.78 is 45.0. The number of halogens is 4. The number of rotatable bonds is 3. The second-order valence-electron chi connectivity index (χ2n) is 3.32. The Hall–Kier alpha value is -1.06. The van der Waals surface area contributed by atoms with E-state index in [9.17, 15) is 18.0 Å². The fourth-order valence-corrected chi connectivity index (χ4v) is 1.69. The average Bonchev–Trinajstić information content (AvgIpc) is 2.22. The molecule has 0 amide bonds. The number of hydrogen-bond acceptors (Lipinski definition) is 4. The highest BCUT2D eigenvalue weighted by Crippen LogP contribution is 2.26. The van der Waals surface area contributed by atoms with Crippen LogP contribution in [-0.4, -0.2) is 24.4 Å². The highest BCUT2D eigenvalue weighted by molar-refractivity contribution is 14.1. The smallest absolute Gasteiger partial charge is 0.469 e. The Kier molecular flexibility index (Phi) is 4.77. The van der Waals surface area contributed by atoms with E-state index in [1.807, 2.05) is 22.6 Å². The van der Waals surface area contributed by atoms with Gasteiger partial charge in [-0.2, -0.15) is 0 Å². The number of pyridine rings is 1. The van der Waals surface area contributed by atoms with Gasteiger partial charge < -0.3 is 9.47 Å². The van der Waals surface area contributed by atoms with Crippen LogP contribution in [-0.2, 0) is 16.0 Å². The molecule has 0 aliphatic carbocycles. The molecule has 18 heavy (non-hydrogen) atoms. The van der Waals surface area contributed by atoms with Gasteiger partial charge in [0.15, 0.2) is 0 Å². The molecule has 0 spiro atoms. The van der Waals surface area contributed by atoms with Gasteiger partial charge in [0.25, 0.3) is 0 Å². The lowest BCUT2D eigenvalue weighted by Crippen LogP contribution is -2.19. The van der Waals surface area contributed by atoms with Crippen molar-refractivity contribution >= 4 is 28.6 Å². The first-order valence-corrected chi connectivity index (χ1v) is 5.79. The van der Waals surface area contributed by atoms with Crippen LogP contribution >= 0.6 is 22.6 Å². The monoisotopic (exact) mass is 375 g/mol. The number of esters is 1. The Labute approximate surface area is 115 Å². The minimum atomic E-state index is -4.81. The van der Waals surface area contributed by atoms with Crippen molar-refractivity contribution in [3.05, 3.63) is 20.9 Å². The van der Waals surface area contributed by atoms with E-state index in [1.54, 1.807) is 0 Å². The van der Waals surface area contributed by atoms with E-state index in [0.29, 0.717) is 14.8 Å². The second-order valence-corrected chi connectivity index (χ2v) is 4.40. The lowest BCUT2D eigenvalue weighted by Gasteiger charge is -2.12. The summed E-state index contributed by atoms with van der Waals surface area (Å²) in [7, 11) is 1.20. The molecule has 0 saturated carbocycles. The third-order valence-corrected chi connectivity index (χ3v) is 3.43. The molecule has 100 valence electrons. The normalized spacial score (nSPS) is 11.2. The van der Waals surface area contributed by atoms with E-state index in [4.69, 9.17) is 0 Å². The van der Waals surface area contributed by atoms with Gasteiger partial charge in [0, 0.05) is 9.64 Å². The van der Waals surface area contributed by atoms with E-state index >= 15 is 0 Å². The van der Waals surface area contributed by atoms with Crippen molar-refractivity contribution in [2.45, 2.75) is 19.7 Å². The third-order valence-electron chi connectivity index (χ3n) is 1.96. The van der Waals surface area contributed by atoms with Crippen molar-refractivity contribution in [3.8, 4) is 5.88 Å². The largest absolute Gasteiger partial charge is 0.574 e. The minimum absolute atomic E-state index is 0.133. The van der Waals surface area contributed by atoms with Crippen molar-refractivity contribution in [1.82, 2.24) is 4.98 Å². The van der Waals surface area contributed by atoms with Crippen LogP contribution in [0.5, 0.6) is 5.88 Å². The molecule has 0 bridgehead atoms. The molecule has 8 heteroatoms. The molecule has 1 heterocycles. The van der Waals surface area contributed by atoms with E-state index in [-0.39, 0.29) is 6.42 Å². The van der Waals surface area contributed by atoms with Crippen molar-refractivity contribution < 1.29 is 27.4 Å². The number of carbonyl (C=O) groups is 1. The van der Waals surface area contributed by atoms with Crippen LogP contribution in [0.1, 0.15) is 11.3 Å². The summed E-state index contributed by atoms with van der Waals surface area (Å²) in [6, 6.07) is 1.08. The van der Waals surface area contributed by atoms with Gasteiger partial charge in [-0.25, -0.2) is 4.98 Å². The molecule has 4 nitrogen and oxygen atoms in total. The summed E-state index contributed by atoms with van der Waals surface area (Å²) in [4.78, 5) is 14.8. The number of methoxy groups -OCH3 is 1. The molecule has 0 saturated heterocycles. The zero-order valence-corrected chi connectivity index (χ0v) is 11.6.